The van der Waals surface area contributed by atoms with Gasteiger partial charge in [0.15, 0.2) is 0 Å². The van der Waals surface area contributed by atoms with Gasteiger partial charge in [0.1, 0.15) is 6.04 Å². The molecule has 0 radical (unpaired) electrons. The molecule has 1 saturated carbocycles. The number of rotatable bonds is 6. The first-order valence-electron chi connectivity index (χ1n) is 9.72. The summed E-state index contributed by atoms with van der Waals surface area (Å²) < 4.78 is 54.8. The Balaban J connectivity index is 1.65. The maximum atomic E-state index is 13.2. The Morgan fingerprint density at radius 2 is 1.33 bits per heavy atom. The molecule has 0 bridgehead atoms. The molecule has 1 N–H and O–H groups in total. The number of amides is 1. The van der Waals surface area contributed by atoms with Crippen LogP contribution in [0.15, 0.2) is 70.5 Å². The van der Waals surface area contributed by atoms with Crippen molar-refractivity contribution in [2.24, 2.45) is 0 Å². The zero-order chi connectivity index (χ0) is 21.4. The van der Waals surface area contributed by atoms with Crippen molar-refractivity contribution in [2.75, 3.05) is 19.6 Å². The van der Waals surface area contributed by atoms with Crippen LogP contribution < -0.4 is 5.32 Å². The van der Waals surface area contributed by atoms with Gasteiger partial charge >= 0.3 is 0 Å². The van der Waals surface area contributed by atoms with E-state index in [1.807, 2.05) is 0 Å². The van der Waals surface area contributed by atoms with Gasteiger partial charge in [-0.1, -0.05) is 36.4 Å². The third-order valence-electron chi connectivity index (χ3n) is 5.25. The molecule has 30 heavy (non-hydrogen) atoms. The minimum Gasteiger partial charge on any atom is -0.352 e. The molecule has 1 aliphatic heterocycles. The molecule has 1 atom stereocenters. The lowest BCUT2D eigenvalue weighted by atomic mass is 10.2. The van der Waals surface area contributed by atoms with Crippen LogP contribution in [-0.4, -0.2) is 63.1 Å². The van der Waals surface area contributed by atoms with E-state index >= 15 is 0 Å². The second-order valence-corrected chi connectivity index (χ2v) is 11.2. The fraction of sp³-hybridized carbons (Fsp3) is 0.350. The monoisotopic (exact) mass is 449 g/mol. The molecule has 2 aliphatic rings. The van der Waals surface area contributed by atoms with Crippen molar-refractivity contribution in [3.63, 3.8) is 0 Å². The molecule has 0 unspecified atom stereocenters. The second kappa shape index (κ2) is 8.10. The first-order chi connectivity index (χ1) is 14.3. The highest BCUT2D eigenvalue weighted by Crippen LogP contribution is 2.26. The first-order valence-corrected chi connectivity index (χ1v) is 12.6. The van der Waals surface area contributed by atoms with Crippen LogP contribution >= 0.6 is 0 Å². The Morgan fingerprint density at radius 1 is 0.800 bits per heavy atom. The fourth-order valence-electron chi connectivity index (χ4n) is 3.46. The van der Waals surface area contributed by atoms with Gasteiger partial charge in [-0.15, -0.1) is 0 Å². The predicted molar refractivity (Wildman–Crippen MR) is 110 cm³/mol. The van der Waals surface area contributed by atoms with E-state index in [0.29, 0.717) is 0 Å². The Bertz CT molecular complexity index is 1120. The number of benzene rings is 2. The van der Waals surface area contributed by atoms with E-state index in [1.165, 1.54) is 28.6 Å². The van der Waals surface area contributed by atoms with E-state index in [9.17, 15) is 21.6 Å². The lowest BCUT2D eigenvalue weighted by molar-refractivity contribution is -0.126. The third-order valence-corrected chi connectivity index (χ3v) is 9.05. The number of nitrogens with one attached hydrogen (secondary N) is 1. The quantitative estimate of drug-likeness (QED) is 0.709. The van der Waals surface area contributed by atoms with Gasteiger partial charge < -0.3 is 5.32 Å². The van der Waals surface area contributed by atoms with Gasteiger partial charge in [0.2, 0.25) is 26.0 Å². The summed E-state index contributed by atoms with van der Waals surface area (Å²) in [6.07, 6.45) is 1.69. The van der Waals surface area contributed by atoms with E-state index in [1.54, 1.807) is 36.4 Å². The van der Waals surface area contributed by atoms with Gasteiger partial charge in [0, 0.05) is 25.7 Å². The molecule has 4 rings (SSSR count). The third kappa shape index (κ3) is 4.13. The highest BCUT2D eigenvalue weighted by molar-refractivity contribution is 7.89. The highest BCUT2D eigenvalue weighted by Gasteiger charge is 2.44. The summed E-state index contributed by atoms with van der Waals surface area (Å²) in [6.45, 7) is -0.371. The van der Waals surface area contributed by atoms with E-state index in [0.717, 1.165) is 17.1 Å². The molecule has 0 aromatic heterocycles. The van der Waals surface area contributed by atoms with Crippen LogP contribution in [0.4, 0.5) is 0 Å². The first kappa shape index (κ1) is 21.0. The molecule has 10 heteroatoms. The van der Waals surface area contributed by atoms with Gasteiger partial charge in [0.05, 0.1) is 9.79 Å². The summed E-state index contributed by atoms with van der Waals surface area (Å²) in [7, 11) is -7.80. The average Bonchev–Trinajstić information content (AvgIpc) is 3.58. The van der Waals surface area contributed by atoms with Crippen LogP contribution in [-0.2, 0) is 24.8 Å². The maximum absolute atomic E-state index is 13.2. The van der Waals surface area contributed by atoms with Crippen molar-refractivity contribution >= 4 is 26.0 Å². The maximum Gasteiger partial charge on any atom is 0.243 e. The van der Waals surface area contributed by atoms with Crippen LogP contribution in [0, 0.1) is 0 Å². The average molecular weight is 450 g/mol. The Kier molecular flexibility index (Phi) is 5.67. The van der Waals surface area contributed by atoms with Crippen LogP contribution in [0.25, 0.3) is 0 Å². The molecule has 1 heterocycles. The van der Waals surface area contributed by atoms with Gasteiger partial charge in [-0.3, -0.25) is 4.79 Å². The molecule has 160 valence electrons. The molecule has 1 saturated heterocycles. The van der Waals surface area contributed by atoms with E-state index in [-0.39, 0.29) is 35.5 Å². The van der Waals surface area contributed by atoms with Crippen molar-refractivity contribution < 1.29 is 21.6 Å². The van der Waals surface area contributed by atoms with E-state index in [4.69, 9.17) is 0 Å². The topological polar surface area (TPSA) is 104 Å². The molecule has 1 amide bonds. The Morgan fingerprint density at radius 3 is 1.87 bits per heavy atom. The van der Waals surface area contributed by atoms with Gasteiger partial charge in [-0.2, -0.15) is 8.61 Å². The molecular formula is C20H23N3O5S2. The molecule has 2 fully saturated rings. The molecule has 2 aromatic rings. The van der Waals surface area contributed by atoms with E-state index in [2.05, 4.69) is 5.32 Å². The minimum atomic E-state index is -3.95. The number of carbonyl (C=O) groups excluding carboxylic acids is 1. The van der Waals surface area contributed by atoms with Crippen molar-refractivity contribution in [1.82, 2.24) is 13.9 Å². The Hall–Kier alpha value is -2.27. The minimum absolute atomic E-state index is 0.0277. The second-order valence-electron chi connectivity index (χ2n) is 7.40. The highest BCUT2D eigenvalue weighted by atomic mass is 32.2. The standard InChI is InChI=1S/C20H23N3O5S2/c24-20(21-16-11-12-16)19-15-22(29(25,26)17-7-3-1-4-8-17)13-14-23(19)30(27,28)18-9-5-2-6-10-18/h1-10,16,19H,11-15H2,(H,21,24)/t19-/m0/s1. The fourth-order valence-corrected chi connectivity index (χ4v) is 6.51. The number of piperazine rings is 1. The number of hydrogen-bond acceptors (Lipinski definition) is 5. The summed E-state index contributed by atoms with van der Waals surface area (Å²) in [5, 5.41) is 2.82. The summed E-state index contributed by atoms with van der Waals surface area (Å²) in [6, 6.07) is 14.7. The summed E-state index contributed by atoms with van der Waals surface area (Å²) in [5.74, 6) is -0.468. The number of sulfonamides is 2. The van der Waals surface area contributed by atoms with E-state index < -0.39 is 32.0 Å². The normalized spacial score (nSPS) is 21.3. The molecular weight excluding hydrogens is 426 g/mol. The molecule has 0 spiro atoms. The van der Waals surface area contributed by atoms with Gasteiger partial charge in [0.25, 0.3) is 0 Å². The lowest BCUT2D eigenvalue weighted by Gasteiger charge is -2.39. The molecule has 1 aliphatic carbocycles. The molecule has 2 aromatic carbocycles. The summed E-state index contributed by atoms with van der Waals surface area (Å²) in [4.78, 5) is 13.1. The van der Waals surface area contributed by atoms with Crippen molar-refractivity contribution in [3.8, 4) is 0 Å². The predicted octanol–water partition coefficient (Wildman–Crippen LogP) is 1.03. The van der Waals surface area contributed by atoms with Crippen LogP contribution in [0.1, 0.15) is 12.8 Å². The SMILES string of the molecule is O=C(NC1CC1)[C@@H]1CN(S(=O)(=O)c2ccccc2)CCN1S(=O)(=O)c1ccccc1. The van der Waals surface area contributed by atoms with Crippen LogP contribution in [0.3, 0.4) is 0 Å². The molecule has 8 nitrogen and oxygen atoms in total. The van der Waals surface area contributed by atoms with Crippen molar-refractivity contribution in [1.29, 1.82) is 0 Å². The Labute approximate surface area is 176 Å². The lowest BCUT2D eigenvalue weighted by Crippen LogP contribution is -2.61. The van der Waals surface area contributed by atoms with Crippen LogP contribution in [0.5, 0.6) is 0 Å². The summed E-state index contributed by atoms with van der Waals surface area (Å²) in [5.41, 5.74) is 0. The van der Waals surface area contributed by atoms with Crippen LogP contribution in [0.2, 0.25) is 0 Å². The zero-order valence-corrected chi connectivity index (χ0v) is 17.8. The number of nitrogens with zero attached hydrogens (tertiary/aromatic N) is 2. The largest absolute Gasteiger partial charge is 0.352 e. The van der Waals surface area contributed by atoms with Crippen molar-refractivity contribution in [2.45, 2.75) is 34.7 Å². The number of hydrogen-bond donors (Lipinski definition) is 1. The van der Waals surface area contributed by atoms with Gasteiger partial charge in [-0.25, -0.2) is 16.8 Å². The van der Waals surface area contributed by atoms with Crippen molar-refractivity contribution in [3.05, 3.63) is 60.7 Å². The number of carbonyl (C=O) groups is 1. The smallest absolute Gasteiger partial charge is 0.243 e. The summed E-state index contributed by atoms with van der Waals surface area (Å²) >= 11 is 0. The zero-order valence-electron chi connectivity index (χ0n) is 16.2. The van der Waals surface area contributed by atoms with Gasteiger partial charge in [-0.05, 0) is 37.1 Å².